The minimum absolute atomic E-state index is 0.000772. The van der Waals surface area contributed by atoms with Crippen LogP contribution >= 0.6 is 7.60 Å². The summed E-state index contributed by atoms with van der Waals surface area (Å²) in [4.78, 5) is 18.7. The van der Waals surface area contributed by atoms with Crippen molar-refractivity contribution in [3.05, 3.63) is 35.4 Å². The topological polar surface area (TPSA) is 99.8 Å². The first kappa shape index (κ1) is 13.8. The van der Waals surface area contributed by atoms with Gasteiger partial charge in [0.1, 0.15) is 0 Å². The van der Waals surface area contributed by atoms with Crippen LogP contribution in [0.15, 0.2) is 24.3 Å². The van der Waals surface area contributed by atoms with Crippen LogP contribution in [-0.2, 0) is 19.6 Å². The highest BCUT2D eigenvalue weighted by Gasteiger charge is 2.51. The van der Waals surface area contributed by atoms with E-state index in [1.807, 2.05) is 6.07 Å². The van der Waals surface area contributed by atoms with Crippen molar-refractivity contribution in [3.8, 4) is 6.07 Å². The standard InChI is InChI=1S/C10H12NO5P/c1-15-10(16-2,17(12,13)14)9-6-4-3-5-8(9)7-11/h3-6H,1-2H3,(H2,12,13,14). The lowest BCUT2D eigenvalue weighted by atomic mass is 10.1. The van der Waals surface area contributed by atoms with Crippen molar-refractivity contribution in [3.63, 3.8) is 0 Å². The Morgan fingerprint density at radius 3 is 2.24 bits per heavy atom. The zero-order valence-corrected chi connectivity index (χ0v) is 10.2. The monoisotopic (exact) mass is 257 g/mol. The van der Waals surface area contributed by atoms with Crippen molar-refractivity contribution in [2.75, 3.05) is 14.2 Å². The van der Waals surface area contributed by atoms with Gasteiger partial charge in [-0.05, 0) is 6.07 Å². The average Bonchev–Trinajstić information content (AvgIpc) is 2.30. The lowest BCUT2D eigenvalue weighted by molar-refractivity contribution is -0.162. The normalized spacial score (nSPS) is 12.2. The van der Waals surface area contributed by atoms with Gasteiger partial charge in [-0.15, -0.1) is 0 Å². The van der Waals surface area contributed by atoms with E-state index in [9.17, 15) is 14.4 Å². The van der Waals surface area contributed by atoms with Gasteiger partial charge in [-0.25, -0.2) is 0 Å². The van der Waals surface area contributed by atoms with Gasteiger partial charge in [0.15, 0.2) is 0 Å². The maximum atomic E-state index is 11.5. The summed E-state index contributed by atoms with van der Waals surface area (Å²) in [5.74, 6) is 0. The molecule has 17 heavy (non-hydrogen) atoms. The van der Waals surface area contributed by atoms with Crippen LogP contribution in [0.3, 0.4) is 0 Å². The van der Waals surface area contributed by atoms with Gasteiger partial charge >= 0.3 is 13.1 Å². The third-order valence-corrected chi connectivity index (χ3v) is 3.70. The largest absolute Gasteiger partial charge is 0.389 e. The Labute approximate surface area is 98.6 Å². The van der Waals surface area contributed by atoms with E-state index in [-0.39, 0.29) is 11.1 Å². The molecule has 0 amide bonds. The summed E-state index contributed by atoms with van der Waals surface area (Å²) in [7, 11) is -2.55. The first-order valence-corrected chi connectivity index (χ1v) is 6.19. The molecule has 6 nitrogen and oxygen atoms in total. The van der Waals surface area contributed by atoms with Gasteiger partial charge in [-0.2, -0.15) is 5.26 Å². The van der Waals surface area contributed by atoms with Gasteiger partial charge in [-0.3, -0.25) is 4.57 Å². The summed E-state index contributed by atoms with van der Waals surface area (Å²) in [6.45, 7) is 0. The predicted octanol–water partition coefficient (Wildman–Crippen LogP) is 1.14. The molecule has 0 saturated carbocycles. The van der Waals surface area contributed by atoms with Crippen LogP contribution < -0.4 is 0 Å². The number of rotatable bonds is 4. The van der Waals surface area contributed by atoms with Crippen molar-refractivity contribution >= 4 is 7.60 Å². The van der Waals surface area contributed by atoms with Crippen molar-refractivity contribution in [1.29, 1.82) is 5.26 Å². The Morgan fingerprint density at radius 1 is 1.29 bits per heavy atom. The second kappa shape index (κ2) is 4.96. The number of nitriles is 1. The molecule has 1 rings (SSSR count). The van der Waals surface area contributed by atoms with Crippen LogP contribution in [0.25, 0.3) is 0 Å². The molecule has 0 fully saturated rings. The first-order chi connectivity index (χ1) is 7.93. The Hall–Kier alpha value is -1.22. The van der Waals surface area contributed by atoms with Crippen molar-refractivity contribution < 1.29 is 23.8 Å². The molecule has 0 atom stereocenters. The highest BCUT2D eigenvalue weighted by Crippen LogP contribution is 2.58. The smallest absolute Gasteiger partial charge is 0.340 e. The van der Waals surface area contributed by atoms with Crippen molar-refractivity contribution in [1.82, 2.24) is 0 Å². The second-order valence-electron chi connectivity index (χ2n) is 3.19. The molecule has 1 aromatic carbocycles. The van der Waals surface area contributed by atoms with Gasteiger partial charge in [0.25, 0.3) is 0 Å². The molecule has 92 valence electrons. The molecule has 0 spiro atoms. The molecule has 2 N–H and O–H groups in total. The molecule has 0 aromatic heterocycles. The Kier molecular flexibility index (Phi) is 4.04. The number of ether oxygens (including phenoxy) is 2. The highest BCUT2D eigenvalue weighted by molar-refractivity contribution is 7.52. The van der Waals surface area contributed by atoms with E-state index in [1.165, 1.54) is 12.1 Å². The van der Waals surface area contributed by atoms with E-state index in [4.69, 9.17) is 14.7 Å². The summed E-state index contributed by atoms with van der Waals surface area (Å²) in [6.07, 6.45) is 0. The molecule has 0 unspecified atom stereocenters. The van der Waals surface area contributed by atoms with E-state index in [0.717, 1.165) is 14.2 Å². The molecule has 0 heterocycles. The van der Waals surface area contributed by atoms with Gasteiger partial charge < -0.3 is 19.3 Å². The molecule has 0 radical (unpaired) electrons. The summed E-state index contributed by atoms with van der Waals surface area (Å²) in [6, 6.07) is 7.77. The summed E-state index contributed by atoms with van der Waals surface area (Å²) >= 11 is 0. The van der Waals surface area contributed by atoms with Crippen LogP contribution in [0.5, 0.6) is 0 Å². The van der Waals surface area contributed by atoms with Crippen LogP contribution in [0, 0.1) is 11.3 Å². The lowest BCUT2D eigenvalue weighted by Gasteiger charge is -2.31. The van der Waals surface area contributed by atoms with E-state index >= 15 is 0 Å². The molecule has 0 aliphatic rings. The summed E-state index contributed by atoms with van der Waals surface area (Å²) < 4.78 is 21.2. The number of hydrogen-bond donors (Lipinski definition) is 2. The summed E-state index contributed by atoms with van der Waals surface area (Å²) in [5.41, 5.74) is -2.17. The molecular weight excluding hydrogens is 245 g/mol. The molecule has 0 bridgehead atoms. The Bertz CT molecular complexity index is 486. The third kappa shape index (κ3) is 2.25. The number of hydrogen-bond acceptors (Lipinski definition) is 4. The zero-order chi connectivity index (χ0) is 13.1. The molecular formula is C10H12NO5P. The fourth-order valence-electron chi connectivity index (χ4n) is 1.55. The highest BCUT2D eigenvalue weighted by atomic mass is 31.2. The predicted molar refractivity (Wildman–Crippen MR) is 58.9 cm³/mol. The van der Waals surface area contributed by atoms with E-state index in [1.54, 1.807) is 12.1 Å². The van der Waals surface area contributed by atoms with Crippen LogP contribution in [0.4, 0.5) is 0 Å². The number of benzene rings is 1. The minimum atomic E-state index is -4.76. The fourth-order valence-corrected chi connectivity index (χ4v) is 2.54. The fraction of sp³-hybridized carbons (Fsp3) is 0.300. The van der Waals surface area contributed by atoms with Gasteiger partial charge in [0.05, 0.1) is 11.6 Å². The molecule has 0 aliphatic carbocycles. The van der Waals surface area contributed by atoms with Crippen molar-refractivity contribution in [2.24, 2.45) is 0 Å². The SMILES string of the molecule is COC(OC)(c1ccccc1C#N)P(=O)(O)O. The molecule has 0 saturated heterocycles. The Morgan fingerprint density at radius 2 is 1.82 bits per heavy atom. The van der Waals surface area contributed by atoms with E-state index in [2.05, 4.69) is 0 Å². The van der Waals surface area contributed by atoms with Crippen LogP contribution in [0.1, 0.15) is 11.1 Å². The van der Waals surface area contributed by atoms with E-state index < -0.39 is 13.1 Å². The maximum Gasteiger partial charge on any atom is 0.389 e. The summed E-state index contributed by atoms with van der Waals surface area (Å²) in [5, 5.41) is 8.92. The van der Waals surface area contributed by atoms with Gasteiger partial charge in [0, 0.05) is 19.8 Å². The lowest BCUT2D eigenvalue weighted by Crippen LogP contribution is -2.31. The van der Waals surface area contributed by atoms with Crippen LogP contribution in [-0.4, -0.2) is 24.0 Å². The first-order valence-electron chi connectivity index (χ1n) is 4.58. The Balaban J connectivity index is 3.55. The van der Waals surface area contributed by atoms with E-state index in [0.29, 0.717) is 0 Å². The minimum Gasteiger partial charge on any atom is -0.340 e. The number of nitrogens with zero attached hydrogens (tertiary/aromatic N) is 1. The third-order valence-electron chi connectivity index (χ3n) is 2.32. The molecule has 1 aromatic rings. The zero-order valence-electron chi connectivity index (χ0n) is 9.32. The van der Waals surface area contributed by atoms with Crippen molar-refractivity contribution in [2.45, 2.75) is 5.53 Å². The molecule has 7 heteroatoms. The van der Waals surface area contributed by atoms with Gasteiger partial charge in [0.2, 0.25) is 0 Å². The second-order valence-corrected chi connectivity index (χ2v) is 4.87. The number of methoxy groups -OCH3 is 2. The average molecular weight is 257 g/mol. The maximum absolute atomic E-state index is 11.5. The quantitative estimate of drug-likeness (QED) is 0.619. The van der Waals surface area contributed by atoms with Crippen LogP contribution in [0.2, 0.25) is 0 Å². The van der Waals surface area contributed by atoms with Gasteiger partial charge in [-0.1, -0.05) is 18.2 Å². The molecule has 0 aliphatic heterocycles.